The number of nitrogens with one attached hydrogen (secondary N) is 2. The van der Waals surface area contributed by atoms with E-state index in [-0.39, 0.29) is 24.3 Å². The Morgan fingerprint density at radius 1 is 1.35 bits per heavy atom. The summed E-state index contributed by atoms with van der Waals surface area (Å²) >= 11 is 0. The average molecular weight is 291 g/mol. The zero-order valence-electron chi connectivity index (χ0n) is 11.9. The van der Waals surface area contributed by atoms with E-state index in [1.807, 2.05) is 20.8 Å². The Hall–Kier alpha value is -1.27. The minimum Gasteiger partial charge on any atom is -0.351 e. The lowest BCUT2D eigenvalue weighted by molar-refractivity contribution is -0.187. The third-order valence-corrected chi connectivity index (χ3v) is 3.66. The molecule has 0 aromatic carbocycles. The van der Waals surface area contributed by atoms with Gasteiger partial charge in [-0.3, -0.25) is 10.1 Å². The normalized spacial score (nSPS) is 31.2. The van der Waals surface area contributed by atoms with E-state index in [1.165, 1.54) is 0 Å². The van der Waals surface area contributed by atoms with Gasteiger partial charge in [-0.15, -0.1) is 0 Å². The number of carbonyl (C=O) groups excluding carboxylic acids is 1. The van der Waals surface area contributed by atoms with Crippen LogP contribution in [0.5, 0.6) is 0 Å². The Morgan fingerprint density at radius 3 is 2.55 bits per heavy atom. The van der Waals surface area contributed by atoms with Crippen LogP contribution in [0.4, 0.5) is 13.2 Å². The van der Waals surface area contributed by atoms with Crippen LogP contribution in [-0.2, 0) is 4.79 Å². The van der Waals surface area contributed by atoms with Crippen LogP contribution in [-0.4, -0.2) is 29.1 Å². The van der Waals surface area contributed by atoms with Crippen molar-refractivity contribution in [2.24, 2.45) is 10.9 Å². The van der Waals surface area contributed by atoms with E-state index in [9.17, 15) is 18.0 Å². The van der Waals surface area contributed by atoms with Crippen molar-refractivity contribution in [3.05, 3.63) is 0 Å². The van der Waals surface area contributed by atoms with Gasteiger partial charge < -0.3 is 5.32 Å². The minimum atomic E-state index is -4.26. The molecule has 7 heteroatoms. The van der Waals surface area contributed by atoms with Crippen LogP contribution >= 0.6 is 0 Å². The van der Waals surface area contributed by atoms with E-state index in [1.54, 1.807) is 0 Å². The summed E-state index contributed by atoms with van der Waals surface area (Å²) in [5.41, 5.74) is -1.55. The first-order valence-corrected chi connectivity index (χ1v) is 6.78. The van der Waals surface area contributed by atoms with Crippen LogP contribution in [0.3, 0.4) is 0 Å². The number of hydrogen-bond donors (Lipinski definition) is 2. The maximum Gasteiger partial charge on any atom is 0.391 e. The molecule has 2 unspecified atom stereocenters. The summed E-state index contributed by atoms with van der Waals surface area (Å²) in [5, 5.41) is 5.59. The number of rotatable bonds is 0. The summed E-state index contributed by atoms with van der Waals surface area (Å²) in [6, 6.07) is 0. The number of guanidine groups is 1. The second kappa shape index (κ2) is 4.63. The van der Waals surface area contributed by atoms with E-state index < -0.39 is 23.5 Å². The smallest absolute Gasteiger partial charge is 0.351 e. The third kappa shape index (κ3) is 3.07. The Kier molecular flexibility index (Phi) is 3.50. The van der Waals surface area contributed by atoms with Crippen molar-refractivity contribution in [2.45, 2.75) is 63.7 Å². The van der Waals surface area contributed by atoms with E-state index in [4.69, 9.17) is 0 Å². The predicted molar refractivity (Wildman–Crippen MR) is 69.2 cm³/mol. The highest BCUT2D eigenvalue weighted by atomic mass is 19.4. The average Bonchev–Trinajstić information content (AvgIpc) is 2.51. The molecule has 1 heterocycles. The lowest BCUT2D eigenvalue weighted by Gasteiger charge is -2.34. The Bertz CT molecular complexity index is 439. The molecule has 0 radical (unpaired) electrons. The van der Waals surface area contributed by atoms with Gasteiger partial charge in [0.25, 0.3) is 5.91 Å². The fourth-order valence-corrected chi connectivity index (χ4v) is 2.77. The topological polar surface area (TPSA) is 53.5 Å². The van der Waals surface area contributed by atoms with Gasteiger partial charge in [-0.05, 0) is 46.5 Å². The molecule has 1 fully saturated rings. The molecular weight excluding hydrogens is 271 g/mol. The lowest BCUT2D eigenvalue weighted by Crippen LogP contribution is -2.49. The van der Waals surface area contributed by atoms with Crippen LogP contribution in [0.2, 0.25) is 0 Å². The zero-order chi connectivity index (χ0) is 15.2. The predicted octanol–water partition coefficient (Wildman–Crippen LogP) is 2.35. The summed E-state index contributed by atoms with van der Waals surface area (Å²) in [5.74, 6) is -1.58. The zero-order valence-corrected chi connectivity index (χ0v) is 11.9. The number of aliphatic imine (C=N–C) groups is 1. The van der Waals surface area contributed by atoms with Crippen molar-refractivity contribution in [2.75, 3.05) is 0 Å². The number of carbonyl (C=O) groups is 1. The van der Waals surface area contributed by atoms with Crippen LogP contribution in [0.15, 0.2) is 4.99 Å². The molecule has 1 aliphatic carbocycles. The fraction of sp³-hybridized carbons (Fsp3) is 0.846. The molecule has 4 nitrogen and oxygen atoms in total. The second-order valence-electron chi connectivity index (χ2n) is 6.66. The van der Waals surface area contributed by atoms with Gasteiger partial charge in [-0.2, -0.15) is 13.2 Å². The maximum atomic E-state index is 12.9. The van der Waals surface area contributed by atoms with Gasteiger partial charge in [-0.25, -0.2) is 4.99 Å². The molecule has 2 N–H and O–H groups in total. The van der Waals surface area contributed by atoms with Crippen LogP contribution in [0.25, 0.3) is 0 Å². The summed E-state index contributed by atoms with van der Waals surface area (Å²) in [4.78, 5) is 16.3. The van der Waals surface area contributed by atoms with Gasteiger partial charge in [0.2, 0.25) is 0 Å². The summed E-state index contributed by atoms with van der Waals surface area (Å²) in [6.45, 7) is 5.68. The highest BCUT2D eigenvalue weighted by Gasteiger charge is 2.53. The highest BCUT2D eigenvalue weighted by molar-refractivity contribution is 6.07. The fourth-order valence-electron chi connectivity index (χ4n) is 2.77. The largest absolute Gasteiger partial charge is 0.391 e. The van der Waals surface area contributed by atoms with Crippen LogP contribution in [0.1, 0.15) is 46.5 Å². The van der Waals surface area contributed by atoms with Gasteiger partial charge in [0, 0.05) is 5.54 Å². The summed E-state index contributed by atoms with van der Waals surface area (Å²) in [6.07, 6.45) is -3.69. The second-order valence-corrected chi connectivity index (χ2v) is 6.66. The first kappa shape index (κ1) is 15.1. The van der Waals surface area contributed by atoms with E-state index in [0.29, 0.717) is 12.8 Å². The quantitative estimate of drug-likeness (QED) is 0.720. The maximum absolute atomic E-state index is 12.9. The molecule has 0 aromatic rings. The summed E-state index contributed by atoms with van der Waals surface area (Å²) in [7, 11) is 0. The molecule has 2 rings (SSSR count). The monoisotopic (exact) mass is 291 g/mol. The third-order valence-electron chi connectivity index (χ3n) is 3.66. The SMILES string of the molecule is CC(C)(C)NC1=NC2(CCCC(C(F)(F)F)C2)C(=O)N1. The van der Waals surface area contributed by atoms with Gasteiger partial charge in [0.15, 0.2) is 5.96 Å². The van der Waals surface area contributed by atoms with Crippen LogP contribution in [0, 0.1) is 5.92 Å². The van der Waals surface area contributed by atoms with Crippen molar-refractivity contribution >= 4 is 11.9 Å². The van der Waals surface area contributed by atoms with Gasteiger partial charge >= 0.3 is 6.18 Å². The number of hydrogen-bond acceptors (Lipinski definition) is 3. The van der Waals surface area contributed by atoms with Gasteiger partial charge in [-0.1, -0.05) is 0 Å². The molecule has 1 aliphatic heterocycles. The highest BCUT2D eigenvalue weighted by Crippen LogP contribution is 2.44. The van der Waals surface area contributed by atoms with E-state index in [0.717, 1.165) is 0 Å². The Morgan fingerprint density at radius 2 is 2.00 bits per heavy atom. The molecule has 1 spiro atoms. The van der Waals surface area contributed by atoms with E-state index >= 15 is 0 Å². The molecule has 0 aromatic heterocycles. The number of amides is 1. The first-order valence-electron chi connectivity index (χ1n) is 6.78. The molecular formula is C13H20F3N3O. The van der Waals surface area contributed by atoms with Crippen molar-refractivity contribution in [3.8, 4) is 0 Å². The van der Waals surface area contributed by atoms with Crippen molar-refractivity contribution < 1.29 is 18.0 Å². The van der Waals surface area contributed by atoms with Gasteiger partial charge in [0.1, 0.15) is 5.54 Å². The standard InChI is InChI=1S/C13H20F3N3O/c1-11(2,3)18-10-17-9(20)12(19-10)6-4-5-8(7-12)13(14,15)16/h8H,4-7H2,1-3H3,(H2,17,18,19,20). The molecule has 2 atom stereocenters. The van der Waals surface area contributed by atoms with Crippen LogP contribution < -0.4 is 10.6 Å². The Labute approximate surface area is 116 Å². The van der Waals surface area contributed by atoms with Gasteiger partial charge in [0.05, 0.1) is 5.92 Å². The molecule has 0 bridgehead atoms. The van der Waals surface area contributed by atoms with E-state index in [2.05, 4.69) is 15.6 Å². The van der Waals surface area contributed by atoms with Crippen molar-refractivity contribution in [3.63, 3.8) is 0 Å². The summed E-state index contributed by atoms with van der Waals surface area (Å²) < 4.78 is 38.6. The molecule has 0 saturated heterocycles. The van der Waals surface area contributed by atoms with Crippen molar-refractivity contribution in [1.82, 2.24) is 10.6 Å². The first-order chi connectivity index (χ1) is 9.02. The number of alkyl halides is 3. The van der Waals surface area contributed by atoms with Crippen molar-refractivity contribution in [1.29, 1.82) is 0 Å². The lowest BCUT2D eigenvalue weighted by atomic mass is 9.75. The molecule has 20 heavy (non-hydrogen) atoms. The minimum absolute atomic E-state index is 0.0794. The molecule has 1 amide bonds. The number of halogens is 3. The Balaban J connectivity index is 2.19. The molecule has 1 saturated carbocycles. The molecule has 114 valence electrons. The molecule has 2 aliphatic rings. The number of nitrogens with zero attached hydrogens (tertiary/aromatic N) is 1.